The standard InChI is InChI=1S/C18H21N3O4S/c1-2-5-12-8-16(22)21-18(20-12)26-11-17(23)19-9-13-10-24-14-6-3-4-7-15(14)25-13/h3-4,6-8,13H,2,5,9-11H2,1H3,(H,19,23)(H,20,21,22)/t13-/m0/s1. The number of amides is 1. The number of hydrogen-bond donors (Lipinski definition) is 2. The topological polar surface area (TPSA) is 93.3 Å². The number of ether oxygens (including phenoxy) is 2. The molecule has 0 bridgehead atoms. The fraction of sp³-hybridized carbons (Fsp3) is 0.389. The number of aromatic amines is 1. The van der Waals surface area contributed by atoms with Gasteiger partial charge in [-0.3, -0.25) is 9.59 Å². The van der Waals surface area contributed by atoms with Crippen molar-refractivity contribution in [1.29, 1.82) is 0 Å². The first kappa shape index (κ1) is 18.3. The molecule has 2 heterocycles. The molecule has 0 saturated carbocycles. The molecule has 0 spiro atoms. The molecule has 1 aliphatic heterocycles. The van der Waals surface area contributed by atoms with Gasteiger partial charge in [0.2, 0.25) is 5.91 Å². The molecule has 1 aromatic heterocycles. The van der Waals surface area contributed by atoms with E-state index in [9.17, 15) is 9.59 Å². The summed E-state index contributed by atoms with van der Waals surface area (Å²) in [5, 5.41) is 3.28. The molecular weight excluding hydrogens is 354 g/mol. The highest BCUT2D eigenvalue weighted by atomic mass is 32.2. The second-order valence-electron chi connectivity index (χ2n) is 5.88. The predicted molar refractivity (Wildman–Crippen MR) is 98.9 cm³/mol. The number of aryl methyl sites for hydroxylation is 1. The maximum Gasteiger partial charge on any atom is 0.251 e. The Hall–Kier alpha value is -2.48. The van der Waals surface area contributed by atoms with Crippen LogP contribution in [0.1, 0.15) is 19.0 Å². The molecule has 26 heavy (non-hydrogen) atoms. The molecule has 1 aromatic carbocycles. The van der Waals surface area contributed by atoms with Crippen molar-refractivity contribution < 1.29 is 14.3 Å². The van der Waals surface area contributed by atoms with E-state index in [1.807, 2.05) is 31.2 Å². The van der Waals surface area contributed by atoms with E-state index in [2.05, 4.69) is 15.3 Å². The monoisotopic (exact) mass is 375 g/mol. The van der Waals surface area contributed by atoms with Crippen molar-refractivity contribution in [2.45, 2.75) is 31.0 Å². The number of fused-ring (bicyclic) bond motifs is 1. The van der Waals surface area contributed by atoms with Crippen LogP contribution >= 0.6 is 11.8 Å². The van der Waals surface area contributed by atoms with Crippen LogP contribution in [0.2, 0.25) is 0 Å². The third kappa shape index (κ3) is 5.01. The minimum atomic E-state index is -0.232. The van der Waals surface area contributed by atoms with Crippen LogP contribution in [0.5, 0.6) is 11.5 Å². The van der Waals surface area contributed by atoms with E-state index in [1.54, 1.807) is 0 Å². The van der Waals surface area contributed by atoms with Crippen LogP contribution in [-0.4, -0.2) is 40.9 Å². The Balaban J connectivity index is 1.46. The third-order valence-electron chi connectivity index (χ3n) is 3.71. The summed E-state index contributed by atoms with van der Waals surface area (Å²) in [7, 11) is 0. The molecule has 0 fully saturated rings. The summed E-state index contributed by atoms with van der Waals surface area (Å²) in [6, 6.07) is 8.94. The van der Waals surface area contributed by atoms with E-state index in [0.717, 1.165) is 18.5 Å². The number of thioether (sulfide) groups is 1. The molecule has 0 aliphatic carbocycles. The lowest BCUT2D eigenvalue weighted by Gasteiger charge is -2.26. The fourth-order valence-electron chi connectivity index (χ4n) is 2.51. The maximum atomic E-state index is 12.1. The molecule has 0 unspecified atom stereocenters. The van der Waals surface area contributed by atoms with Crippen LogP contribution in [0.25, 0.3) is 0 Å². The van der Waals surface area contributed by atoms with Gasteiger partial charge in [0.25, 0.3) is 5.56 Å². The first-order chi connectivity index (χ1) is 12.6. The van der Waals surface area contributed by atoms with Crippen LogP contribution < -0.4 is 20.3 Å². The zero-order valence-electron chi connectivity index (χ0n) is 14.5. The number of aromatic nitrogens is 2. The minimum absolute atomic E-state index is 0.152. The molecule has 1 aliphatic rings. The maximum absolute atomic E-state index is 12.1. The fourth-order valence-corrected chi connectivity index (χ4v) is 3.24. The molecule has 0 radical (unpaired) electrons. The number of benzene rings is 1. The van der Waals surface area contributed by atoms with Gasteiger partial charge in [0.05, 0.1) is 12.3 Å². The molecule has 7 nitrogen and oxygen atoms in total. The Bertz CT molecular complexity index is 824. The van der Waals surface area contributed by atoms with Gasteiger partial charge in [0.15, 0.2) is 16.7 Å². The van der Waals surface area contributed by atoms with Crippen LogP contribution in [0.15, 0.2) is 40.3 Å². The molecular formula is C18H21N3O4S. The van der Waals surface area contributed by atoms with Gasteiger partial charge in [-0.25, -0.2) is 4.98 Å². The smallest absolute Gasteiger partial charge is 0.251 e. The Kier molecular flexibility index (Phi) is 6.17. The van der Waals surface area contributed by atoms with Crippen molar-refractivity contribution in [3.05, 3.63) is 46.4 Å². The van der Waals surface area contributed by atoms with Crippen molar-refractivity contribution in [3.8, 4) is 11.5 Å². The molecule has 0 saturated heterocycles. The van der Waals surface area contributed by atoms with Crippen molar-refractivity contribution in [3.63, 3.8) is 0 Å². The molecule has 3 rings (SSSR count). The summed E-state index contributed by atoms with van der Waals surface area (Å²) < 4.78 is 11.4. The van der Waals surface area contributed by atoms with Gasteiger partial charge in [-0.05, 0) is 18.6 Å². The number of nitrogens with zero attached hydrogens (tertiary/aromatic N) is 1. The predicted octanol–water partition coefficient (Wildman–Crippen LogP) is 1.77. The molecule has 1 amide bonds. The average molecular weight is 375 g/mol. The van der Waals surface area contributed by atoms with E-state index in [1.165, 1.54) is 17.8 Å². The van der Waals surface area contributed by atoms with Crippen molar-refractivity contribution in [1.82, 2.24) is 15.3 Å². The average Bonchev–Trinajstić information content (AvgIpc) is 2.64. The van der Waals surface area contributed by atoms with Gasteiger partial charge in [0, 0.05) is 11.8 Å². The van der Waals surface area contributed by atoms with Crippen molar-refractivity contribution in [2.75, 3.05) is 18.9 Å². The lowest BCUT2D eigenvalue weighted by Crippen LogP contribution is -2.41. The van der Waals surface area contributed by atoms with E-state index in [4.69, 9.17) is 9.47 Å². The molecule has 138 valence electrons. The van der Waals surface area contributed by atoms with Crippen LogP contribution in [0, 0.1) is 0 Å². The normalized spacial score (nSPS) is 15.5. The molecule has 2 aromatic rings. The number of carbonyl (C=O) groups excluding carboxylic acids is 1. The van der Waals surface area contributed by atoms with Crippen LogP contribution in [-0.2, 0) is 11.2 Å². The number of carbonyl (C=O) groups is 1. The van der Waals surface area contributed by atoms with E-state index in [-0.39, 0.29) is 23.3 Å². The summed E-state index contributed by atoms with van der Waals surface area (Å²) in [5.41, 5.74) is 0.545. The SMILES string of the molecule is CCCc1cc(=O)[nH]c(SCC(=O)NC[C@H]2COc3ccccc3O2)n1. The largest absolute Gasteiger partial charge is 0.486 e. The number of H-pyrrole nitrogens is 1. The summed E-state index contributed by atoms with van der Waals surface area (Å²) >= 11 is 1.21. The van der Waals surface area contributed by atoms with Gasteiger partial charge < -0.3 is 19.8 Å². The highest BCUT2D eigenvalue weighted by Gasteiger charge is 2.21. The van der Waals surface area contributed by atoms with Crippen molar-refractivity contribution >= 4 is 17.7 Å². The van der Waals surface area contributed by atoms with E-state index >= 15 is 0 Å². The minimum Gasteiger partial charge on any atom is -0.486 e. The first-order valence-corrected chi connectivity index (χ1v) is 9.51. The van der Waals surface area contributed by atoms with Crippen LogP contribution in [0.3, 0.4) is 0 Å². The van der Waals surface area contributed by atoms with Crippen molar-refractivity contribution in [2.24, 2.45) is 0 Å². The van der Waals surface area contributed by atoms with Gasteiger partial charge in [-0.1, -0.05) is 37.2 Å². The number of hydrogen-bond acceptors (Lipinski definition) is 6. The van der Waals surface area contributed by atoms with Gasteiger partial charge in [-0.15, -0.1) is 0 Å². The van der Waals surface area contributed by atoms with Gasteiger partial charge in [-0.2, -0.15) is 0 Å². The highest BCUT2D eigenvalue weighted by Crippen LogP contribution is 2.30. The second-order valence-corrected chi connectivity index (χ2v) is 6.85. The summed E-state index contributed by atoms with van der Waals surface area (Å²) in [4.78, 5) is 30.7. The van der Waals surface area contributed by atoms with E-state index in [0.29, 0.717) is 29.8 Å². The lowest BCUT2D eigenvalue weighted by atomic mass is 10.2. The van der Waals surface area contributed by atoms with Gasteiger partial charge in [0.1, 0.15) is 12.7 Å². The molecule has 2 N–H and O–H groups in total. The number of para-hydroxylation sites is 2. The molecule has 1 atom stereocenters. The zero-order valence-corrected chi connectivity index (χ0v) is 15.3. The summed E-state index contributed by atoms with van der Waals surface area (Å²) in [6.07, 6.45) is 1.42. The quantitative estimate of drug-likeness (QED) is 0.566. The molecule has 8 heteroatoms. The Morgan fingerprint density at radius 3 is 3.00 bits per heavy atom. The van der Waals surface area contributed by atoms with E-state index < -0.39 is 0 Å². The zero-order chi connectivity index (χ0) is 18.4. The number of rotatable bonds is 7. The summed E-state index contributed by atoms with van der Waals surface area (Å²) in [6.45, 7) is 2.77. The van der Waals surface area contributed by atoms with Gasteiger partial charge >= 0.3 is 0 Å². The highest BCUT2D eigenvalue weighted by molar-refractivity contribution is 7.99. The summed E-state index contributed by atoms with van der Waals surface area (Å²) in [5.74, 6) is 1.42. The van der Waals surface area contributed by atoms with Crippen LogP contribution in [0.4, 0.5) is 0 Å². The second kappa shape index (κ2) is 8.75. The number of nitrogens with one attached hydrogen (secondary N) is 2. The third-order valence-corrected chi connectivity index (χ3v) is 4.59. The lowest BCUT2D eigenvalue weighted by molar-refractivity contribution is -0.119. The Morgan fingerprint density at radius 2 is 2.19 bits per heavy atom. The Morgan fingerprint density at radius 1 is 1.38 bits per heavy atom. The Labute approximate surface area is 155 Å². The first-order valence-electron chi connectivity index (χ1n) is 8.52.